The van der Waals surface area contributed by atoms with Gasteiger partial charge in [-0.1, -0.05) is 12.1 Å². The van der Waals surface area contributed by atoms with Crippen LogP contribution in [0.15, 0.2) is 36.4 Å². The molecule has 0 bridgehead atoms. The lowest BCUT2D eigenvalue weighted by molar-refractivity contribution is 0.378. The number of rotatable bonds is 3. The molecule has 0 saturated heterocycles. The highest BCUT2D eigenvalue weighted by molar-refractivity contribution is 5.46. The Morgan fingerprint density at radius 2 is 1.56 bits per heavy atom. The lowest BCUT2D eigenvalue weighted by Crippen LogP contribution is -1.92. The van der Waals surface area contributed by atoms with Crippen molar-refractivity contribution in [3.8, 4) is 17.2 Å². The number of ether oxygens (including phenoxy) is 2. The second kappa shape index (κ2) is 5.13. The van der Waals surface area contributed by atoms with Crippen LogP contribution in [0.4, 0.5) is 0 Å². The molecule has 0 heterocycles. The van der Waals surface area contributed by atoms with Crippen LogP contribution >= 0.6 is 0 Å². The lowest BCUT2D eigenvalue weighted by atomic mass is 10.1. The highest BCUT2D eigenvalue weighted by Gasteiger charge is 2.06. The molecule has 0 saturated carbocycles. The summed E-state index contributed by atoms with van der Waals surface area (Å²) >= 11 is 0. The van der Waals surface area contributed by atoms with E-state index < -0.39 is 0 Å². The minimum absolute atomic E-state index is 0.742. The summed E-state index contributed by atoms with van der Waals surface area (Å²) in [5.41, 5.74) is 3.64. The van der Waals surface area contributed by atoms with Gasteiger partial charge >= 0.3 is 0 Å². The van der Waals surface area contributed by atoms with E-state index in [0.29, 0.717) is 0 Å². The molecule has 2 nitrogen and oxygen atoms in total. The predicted octanol–water partition coefficient (Wildman–Crippen LogP) is 4.41. The number of hydrogen-bond acceptors (Lipinski definition) is 2. The Labute approximate surface area is 108 Å². The Balaban J connectivity index is 2.30. The van der Waals surface area contributed by atoms with Crippen molar-refractivity contribution in [1.29, 1.82) is 0 Å². The Morgan fingerprint density at radius 3 is 2.22 bits per heavy atom. The van der Waals surface area contributed by atoms with Crippen LogP contribution in [0.5, 0.6) is 17.2 Å². The van der Waals surface area contributed by atoms with Gasteiger partial charge in [0.05, 0.1) is 7.11 Å². The summed E-state index contributed by atoms with van der Waals surface area (Å²) in [5.74, 6) is 2.33. The second-order valence-electron chi connectivity index (χ2n) is 4.50. The Morgan fingerprint density at radius 1 is 0.778 bits per heavy atom. The van der Waals surface area contributed by atoms with Crippen molar-refractivity contribution < 1.29 is 9.47 Å². The molecule has 0 unspecified atom stereocenters. The van der Waals surface area contributed by atoms with Crippen LogP contribution in [0.25, 0.3) is 0 Å². The summed E-state index contributed by atoms with van der Waals surface area (Å²) in [6, 6.07) is 12.0. The Kier molecular flexibility index (Phi) is 3.56. The van der Waals surface area contributed by atoms with Crippen molar-refractivity contribution in [2.24, 2.45) is 0 Å². The van der Waals surface area contributed by atoms with Gasteiger partial charge in [0.2, 0.25) is 0 Å². The topological polar surface area (TPSA) is 18.5 Å². The summed E-state index contributed by atoms with van der Waals surface area (Å²) < 4.78 is 11.2. The van der Waals surface area contributed by atoms with Gasteiger partial charge in [-0.2, -0.15) is 0 Å². The molecule has 2 aromatic rings. The van der Waals surface area contributed by atoms with E-state index >= 15 is 0 Å². The molecule has 18 heavy (non-hydrogen) atoms. The first-order valence-electron chi connectivity index (χ1n) is 6.00. The van der Waals surface area contributed by atoms with Crippen LogP contribution < -0.4 is 9.47 Å². The second-order valence-corrected chi connectivity index (χ2v) is 4.50. The molecule has 0 aliphatic rings. The van der Waals surface area contributed by atoms with Crippen LogP contribution in [0.1, 0.15) is 16.7 Å². The van der Waals surface area contributed by atoms with Gasteiger partial charge in [-0.25, -0.2) is 0 Å². The third-order valence-corrected chi connectivity index (χ3v) is 3.03. The van der Waals surface area contributed by atoms with E-state index in [4.69, 9.17) is 9.47 Å². The van der Waals surface area contributed by atoms with E-state index in [1.807, 2.05) is 37.3 Å². The Bertz CT molecular complexity index is 559. The van der Waals surface area contributed by atoms with Crippen molar-refractivity contribution in [3.05, 3.63) is 53.1 Å². The highest BCUT2D eigenvalue weighted by Crippen LogP contribution is 2.32. The molecular formula is C16H18O2. The van der Waals surface area contributed by atoms with Crippen LogP contribution in [-0.4, -0.2) is 7.11 Å². The van der Waals surface area contributed by atoms with Crippen molar-refractivity contribution in [1.82, 2.24) is 0 Å². The molecule has 2 aromatic carbocycles. The summed E-state index contributed by atoms with van der Waals surface area (Å²) in [5, 5.41) is 0. The van der Waals surface area contributed by atoms with Crippen LogP contribution in [0.3, 0.4) is 0 Å². The zero-order valence-electron chi connectivity index (χ0n) is 11.3. The molecule has 0 aromatic heterocycles. The average Bonchev–Trinajstić information content (AvgIpc) is 2.36. The van der Waals surface area contributed by atoms with Gasteiger partial charge in [-0.15, -0.1) is 0 Å². The van der Waals surface area contributed by atoms with Gasteiger partial charge in [0.25, 0.3) is 0 Å². The molecule has 0 radical (unpaired) electrons. The fourth-order valence-corrected chi connectivity index (χ4v) is 1.76. The van der Waals surface area contributed by atoms with E-state index in [0.717, 1.165) is 22.8 Å². The molecular weight excluding hydrogens is 224 g/mol. The number of hydrogen-bond donors (Lipinski definition) is 0. The van der Waals surface area contributed by atoms with E-state index in [-0.39, 0.29) is 0 Å². The number of methoxy groups -OCH3 is 1. The van der Waals surface area contributed by atoms with Crippen molar-refractivity contribution in [2.75, 3.05) is 7.11 Å². The molecule has 0 fully saturated rings. The molecule has 0 amide bonds. The molecule has 0 N–H and O–H groups in total. The van der Waals surface area contributed by atoms with Gasteiger partial charge in [0.15, 0.2) is 11.5 Å². The number of benzene rings is 2. The van der Waals surface area contributed by atoms with Gasteiger partial charge < -0.3 is 9.47 Å². The first-order valence-corrected chi connectivity index (χ1v) is 6.00. The fraction of sp³-hybridized carbons (Fsp3) is 0.250. The highest BCUT2D eigenvalue weighted by atomic mass is 16.5. The lowest BCUT2D eigenvalue weighted by Gasteiger charge is -2.12. The van der Waals surface area contributed by atoms with E-state index in [1.54, 1.807) is 7.11 Å². The van der Waals surface area contributed by atoms with Crippen LogP contribution in [0.2, 0.25) is 0 Å². The van der Waals surface area contributed by atoms with Gasteiger partial charge in [-0.3, -0.25) is 0 Å². The summed E-state index contributed by atoms with van der Waals surface area (Å²) in [7, 11) is 1.65. The zero-order chi connectivity index (χ0) is 13.1. The average molecular weight is 242 g/mol. The van der Waals surface area contributed by atoms with E-state index in [9.17, 15) is 0 Å². The molecule has 2 rings (SSSR count). The normalized spacial score (nSPS) is 10.2. The summed E-state index contributed by atoms with van der Waals surface area (Å²) in [4.78, 5) is 0. The van der Waals surface area contributed by atoms with E-state index in [2.05, 4.69) is 19.9 Å². The van der Waals surface area contributed by atoms with Crippen molar-refractivity contribution in [3.63, 3.8) is 0 Å². The zero-order valence-corrected chi connectivity index (χ0v) is 11.3. The SMILES string of the molecule is COc1cc(C)ccc1Oc1ccc(C)c(C)c1. The third kappa shape index (κ3) is 2.65. The minimum atomic E-state index is 0.742. The largest absolute Gasteiger partial charge is 0.493 e. The van der Waals surface area contributed by atoms with Crippen molar-refractivity contribution in [2.45, 2.75) is 20.8 Å². The predicted molar refractivity (Wildman–Crippen MR) is 73.7 cm³/mol. The fourth-order valence-electron chi connectivity index (χ4n) is 1.76. The third-order valence-electron chi connectivity index (χ3n) is 3.03. The van der Waals surface area contributed by atoms with Crippen LogP contribution in [0, 0.1) is 20.8 Å². The van der Waals surface area contributed by atoms with Gasteiger partial charge in [0, 0.05) is 0 Å². The van der Waals surface area contributed by atoms with Crippen LogP contribution in [-0.2, 0) is 0 Å². The first-order chi connectivity index (χ1) is 8.60. The maximum atomic E-state index is 5.87. The maximum absolute atomic E-state index is 5.87. The smallest absolute Gasteiger partial charge is 0.169 e. The molecule has 0 spiro atoms. The molecule has 0 aliphatic carbocycles. The quantitative estimate of drug-likeness (QED) is 0.793. The standard InChI is InChI=1S/C16H18O2/c1-11-5-8-15(16(9-11)17-4)18-14-7-6-12(2)13(3)10-14/h5-10H,1-4H3. The van der Waals surface area contributed by atoms with Gasteiger partial charge in [0.1, 0.15) is 5.75 Å². The van der Waals surface area contributed by atoms with E-state index in [1.165, 1.54) is 11.1 Å². The van der Waals surface area contributed by atoms with Crippen molar-refractivity contribution >= 4 is 0 Å². The summed E-state index contributed by atoms with van der Waals surface area (Å²) in [6.45, 7) is 6.20. The number of aryl methyl sites for hydroxylation is 3. The monoisotopic (exact) mass is 242 g/mol. The summed E-state index contributed by atoms with van der Waals surface area (Å²) in [6.07, 6.45) is 0. The minimum Gasteiger partial charge on any atom is -0.493 e. The Hall–Kier alpha value is -1.96. The molecule has 2 heteroatoms. The molecule has 0 atom stereocenters. The van der Waals surface area contributed by atoms with Gasteiger partial charge in [-0.05, 0) is 61.7 Å². The molecule has 94 valence electrons. The maximum Gasteiger partial charge on any atom is 0.169 e. The molecule has 0 aliphatic heterocycles. The first kappa shape index (κ1) is 12.5.